The van der Waals surface area contributed by atoms with E-state index in [1.165, 1.54) is 6.33 Å². The van der Waals surface area contributed by atoms with Gasteiger partial charge in [-0.25, -0.2) is 9.97 Å². The Morgan fingerprint density at radius 2 is 2.36 bits per heavy atom. The van der Waals surface area contributed by atoms with E-state index in [2.05, 4.69) is 15.3 Å². The second-order valence-electron chi connectivity index (χ2n) is 2.91. The third-order valence-electron chi connectivity index (χ3n) is 1.65. The molecule has 0 amide bonds. The summed E-state index contributed by atoms with van der Waals surface area (Å²) in [6, 6.07) is 1.89. The van der Waals surface area contributed by atoms with Gasteiger partial charge in [0, 0.05) is 23.7 Å². The second kappa shape index (κ2) is 5.11. The molecule has 14 heavy (non-hydrogen) atoms. The molecule has 0 fully saturated rings. The van der Waals surface area contributed by atoms with Crippen LogP contribution in [0.3, 0.4) is 0 Å². The molecular weight excluding hydrogens is 176 g/mol. The minimum Gasteiger partial charge on any atom is -0.347 e. The molecule has 0 aliphatic rings. The van der Waals surface area contributed by atoms with Crippen LogP contribution in [0.1, 0.15) is 19.5 Å². The van der Waals surface area contributed by atoms with Crippen LogP contribution in [0.25, 0.3) is 0 Å². The first kappa shape index (κ1) is 10.4. The second-order valence-corrected chi connectivity index (χ2v) is 2.91. The molecule has 74 valence electrons. The molecule has 1 heterocycles. The normalized spacial score (nSPS) is 10.4. The van der Waals surface area contributed by atoms with Gasteiger partial charge in [-0.2, -0.15) is 0 Å². The first-order chi connectivity index (χ1) is 6.72. The maximum atomic E-state index is 7.18. The summed E-state index contributed by atoms with van der Waals surface area (Å²) in [6.07, 6.45) is 5.80. The van der Waals surface area contributed by atoms with Crippen LogP contribution in [0.2, 0.25) is 0 Å². The maximum Gasteiger partial charge on any atom is 0.133 e. The van der Waals surface area contributed by atoms with Crippen LogP contribution in [-0.2, 0) is 6.42 Å². The van der Waals surface area contributed by atoms with Crippen LogP contribution in [0.4, 0.5) is 5.82 Å². The summed E-state index contributed by atoms with van der Waals surface area (Å²) in [7, 11) is 0. The molecule has 2 N–H and O–H groups in total. The van der Waals surface area contributed by atoms with Crippen molar-refractivity contribution in [1.82, 2.24) is 9.97 Å². The van der Waals surface area contributed by atoms with Crippen molar-refractivity contribution in [3.63, 3.8) is 0 Å². The Balaban J connectivity index is 2.63. The average Bonchev–Trinajstić information content (AvgIpc) is 2.18. The highest BCUT2D eigenvalue weighted by molar-refractivity contribution is 5.90. The number of allylic oxidation sites excluding steroid dienone is 1. The Morgan fingerprint density at radius 3 is 3.00 bits per heavy atom. The van der Waals surface area contributed by atoms with Crippen molar-refractivity contribution in [2.24, 2.45) is 0 Å². The summed E-state index contributed by atoms with van der Waals surface area (Å²) in [5, 5.41) is 10.2. The van der Waals surface area contributed by atoms with Gasteiger partial charge in [0.15, 0.2) is 0 Å². The molecule has 0 aliphatic heterocycles. The first-order valence-corrected chi connectivity index (χ1v) is 4.51. The topological polar surface area (TPSA) is 61.7 Å². The molecule has 0 radical (unpaired) electrons. The number of aryl methyl sites for hydroxylation is 1. The zero-order chi connectivity index (χ0) is 10.4. The fourth-order valence-corrected chi connectivity index (χ4v) is 0.922. The van der Waals surface area contributed by atoms with E-state index in [1.54, 1.807) is 19.2 Å². The lowest BCUT2D eigenvalue weighted by atomic mass is 10.3. The fourth-order valence-electron chi connectivity index (χ4n) is 0.922. The predicted molar refractivity (Wildman–Crippen MR) is 57.6 cm³/mol. The molecule has 0 bridgehead atoms. The van der Waals surface area contributed by atoms with Crippen LogP contribution in [-0.4, -0.2) is 15.7 Å². The SMILES string of the molecule is CCc1cc(N/C=C\C(C)=N)ncn1. The molecule has 0 aliphatic carbocycles. The lowest BCUT2D eigenvalue weighted by molar-refractivity contribution is 1.00. The largest absolute Gasteiger partial charge is 0.347 e. The number of nitrogens with zero attached hydrogens (tertiary/aromatic N) is 2. The minimum atomic E-state index is 0.502. The molecule has 0 saturated heterocycles. The molecule has 4 nitrogen and oxygen atoms in total. The van der Waals surface area contributed by atoms with Crippen molar-refractivity contribution in [2.45, 2.75) is 20.3 Å². The Labute approximate surface area is 83.6 Å². The summed E-state index contributed by atoms with van der Waals surface area (Å²) in [4.78, 5) is 8.12. The molecular formula is C10H14N4. The van der Waals surface area contributed by atoms with E-state index in [1.807, 2.05) is 13.0 Å². The number of rotatable bonds is 4. The molecule has 0 spiro atoms. The van der Waals surface area contributed by atoms with Gasteiger partial charge in [0.2, 0.25) is 0 Å². The van der Waals surface area contributed by atoms with E-state index in [9.17, 15) is 0 Å². The van der Waals surface area contributed by atoms with Gasteiger partial charge in [-0.15, -0.1) is 0 Å². The summed E-state index contributed by atoms with van der Waals surface area (Å²) >= 11 is 0. The summed E-state index contributed by atoms with van der Waals surface area (Å²) < 4.78 is 0. The van der Waals surface area contributed by atoms with Gasteiger partial charge in [0.25, 0.3) is 0 Å². The summed E-state index contributed by atoms with van der Waals surface area (Å²) in [5.41, 5.74) is 1.50. The van der Waals surface area contributed by atoms with Gasteiger partial charge in [0.05, 0.1) is 0 Å². The molecule has 0 saturated carbocycles. The molecule has 0 aromatic carbocycles. The molecule has 1 aromatic heterocycles. The van der Waals surface area contributed by atoms with Gasteiger partial charge < -0.3 is 10.7 Å². The molecule has 4 heteroatoms. The third kappa shape index (κ3) is 3.35. The Hall–Kier alpha value is -1.71. The number of nitrogens with one attached hydrogen (secondary N) is 2. The monoisotopic (exact) mass is 190 g/mol. The van der Waals surface area contributed by atoms with E-state index in [0.717, 1.165) is 17.9 Å². The van der Waals surface area contributed by atoms with Gasteiger partial charge in [-0.1, -0.05) is 6.92 Å². The highest BCUT2D eigenvalue weighted by Gasteiger charge is 1.93. The highest BCUT2D eigenvalue weighted by Crippen LogP contribution is 2.03. The van der Waals surface area contributed by atoms with Gasteiger partial charge in [0.1, 0.15) is 12.1 Å². The van der Waals surface area contributed by atoms with E-state index < -0.39 is 0 Å². The smallest absolute Gasteiger partial charge is 0.133 e. The molecule has 0 unspecified atom stereocenters. The van der Waals surface area contributed by atoms with Gasteiger partial charge >= 0.3 is 0 Å². The van der Waals surface area contributed by atoms with Crippen molar-refractivity contribution in [3.05, 3.63) is 30.4 Å². The summed E-state index contributed by atoms with van der Waals surface area (Å²) in [6.45, 7) is 3.76. The van der Waals surface area contributed by atoms with E-state index in [0.29, 0.717) is 5.71 Å². The number of anilines is 1. The lowest BCUT2D eigenvalue weighted by Crippen LogP contribution is -1.96. The fraction of sp³-hybridized carbons (Fsp3) is 0.300. The third-order valence-corrected chi connectivity index (χ3v) is 1.65. The van der Waals surface area contributed by atoms with Crippen molar-refractivity contribution < 1.29 is 0 Å². The first-order valence-electron chi connectivity index (χ1n) is 4.51. The van der Waals surface area contributed by atoms with E-state index in [-0.39, 0.29) is 0 Å². The molecule has 1 rings (SSSR count). The predicted octanol–water partition coefficient (Wildman–Crippen LogP) is 2.00. The van der Waals surface area contributed by atoms with Crippen LogP contribution in [0.5, 0.6) is 0 Å². The number of hydrogen-bond donors (Lipinski definition) is 2. The zero-order valence-electron chi connectivity index (χ0n) is 8.41. The van der Waals surface area contributed by atoms with Crippen LogP contribution < -0.4 is 5.32 Å². The Bertz CT molecular complexity index is 344. The highest BCUT2D eigenvalue weighted by atomic mass is 15.0. The summed E-state index contributed by atoms with van der Waals surface area (Å²) in [5.74, 6) is 0.759. The van der Waals surface area contributed by atoms with Crippen LogP contribution in [0.15, 0.2) is 24.7 Å². The van der Waals surface area contributed by atoms with Crippen LogP contribution >= 0.6 is 0 Å². The van der Waals surface area contributed by atoms with Gasteiger partial charge in [-0.05, 0) is 19.4 Å². The number of hydrogen-bond acceptors (Lipinski definition) is 4. The van der Waals surface area contributed by atoms with E-state index >= 15 is 0 Å². The molecule has 0 atom stereocenters. The minimum absolute atomic E-state index is 0.502. The van der Waals surface area contributed by atoms with Gasteiger partial charge in [-0.3, -0.25) is 0 Å². The average molecular weight is 190 g/mol. The van der Waals surface area contributed by atoms with Crippen molar-refractivity contribution in [2.75, 3.05) is 5.32 Å². The van der Waals surface area contributed by atoms with Crippen LogP contribution in [0, 0.1) is 5.41 Å². The Kier molecular flexibility index (Phi) is 3.79. The van der Waals surface area contributed by atoms with Crippen molar-refractivity contribution in [3.8, 4) is 0 Å². The standard InChI is InChI=1S/C10H14N4/c1-3-9-6-10(14-7-13-9)12-5-4-8(2)11/h4-7,11H,3H2,1-2H3,(H,12,13,14)/b5-4-,11-8?. The lowest BCUT2D eigenvalue weighted by Gasteiger charge is -2.00. The zero-order valence-corrected chi connectivity index (χ0v) is 8.41. The quantitative estimate of drug-likeness (QED) is 0.714. The number of aromatic nitrogens is 2. The van der Waals surface area contributed by atoms with Crippen molar-refractivity contribution in [1.29, 1.82) is 5.41 Å². The maximum absolute atomic E-state index is 7.18. The van der Waals surface area contributed by atoms with Crippen molar-refractivity contribution >= 4 is 11.5 Å². The molecule has 1 aromatic rings. The Morgan fingerprint density at radius 1 is 1.57 bits per heavy atom. The van der Waals surface area contributed by atoms with E-state index in [4.69, 9.17) is 5.41 Å².